The van der Waals surface area contributed by atoms with E-state index < -0.39 is 11.3 Å². The van der Waals surface area contributed by atoms with Crippen LogP contribution in [0, 0.1) is 5.41 Å². The van der Waals surface area contributed by atoms with Crippen LogP contribution in [-0.2, 0) is 19.1 Å². The topological polar surface area (TPSA) is 52.6 Å². The van der Waals surface area contributed by atoms with E-state index >= 15 is 0 Å². The van der Waals surface area contributed by atoms with Crippen LogP contribution in [0.4, 0.5) is 0 Å². The average molecular weight is 427 g/mol. The Morgan fingerprint density at radius 2 is 1.32 bits per heavy atom. The fourth-order valence-electron chi connectivity index (χ4n) is 3.38. The monoisotopic (exact) mass is 426 g/mol. The first-order valence-corrected chi connectivity index (χ1v) is 11.0. The van der Waals surface area contributed by atoms with E-state index in [0.29, 0.717) is 11.0 Å². The summed E-state index contributed by atoms with van der Waals surface area (Å²) < 4.78 is 11.9. The molecule has 0 bridgehead atoms. The molecular formula is C26H36NO4+. The van der Waals surface area contributed by atoms with E-state index in [9.17, 15) is 9.59 Å². The molecule has 0 aliphatic rings. The molecule has 5 heteroatoms. The second kappa shape index (κ2) is 11.1. The number of hydrogen-bond acceptors (Lipinski definition) is 4. The van der Waals surface area contributed by atoms with Crippen molar-refractivity contribution in [1.82, 2.24) is 0 Å². The van der Waals surface area contributed by atoms with Gasteiger partial charge in [0, 0.05) is 0 Å². The first-order valence-electron chi connectivity index (χ1n) is 11.0. The van der Waals surface area contributed by atoms with Crippen molar-refractivity contribution < 1.29 is 23.5 Å². The lowest BCUT2D eigenvalue weighted by Gasteiger charge is -2.36. The summed E-state index contributed by atoms with van der Waals surface area (Å²) in [4.78, 5) is 25.3. The molecule has 2 rings (SSSR count). The molecule has 168 valence electrons. The summed E-state index contributed by atoms with van der Waals surface area (Å²) in [7, 11) is 0. The van der Waals surface area contributed by atoms with Gasteiger partial charge in [0.25, 0.3) is 0 Å². The molecule has 2 aromatic carbocycles. The van der Waals surface area contributed by atoms with E-state index in [-0.39, 0.29) is 25.3 Å². The van der Waals surface area contributed by atoms with Crippen molar-refractivity contribution in [2.75, 3.05) is 33.0 Å². The molecule has 5 nitrogen and oxygen atoms in total. The van der Waals surface area contributed by atoms with Gasteiger partial charge in [0.05, 0.1) is 18.5 Å². The molecule has 2 aromatic rings. The van der Waals surface area contributed by atoms with Crippen molar-refractivity contribution in [2.45, 2.75) is 40.5 Å². The normalized spacial score (nSPS) is 11.9. The summed E-state index contributed by atoms with van der Waals surface area (Å²) in [6, 6.07) is 19.4. The number of esters is 2. The van der Waals surface area contributed by atoms with E-state index in [2.05, 4.69) is 13.8 Å². The summed E-state index contributed by atoms with van der Waals surface area (Å²) in [5.41, 5.74) is 1.27. The number of carbonyl (C=O) groups excluding carboxylic acids is 2. The highest BCUT2D eigenvalue weighted by Crippen LogP contribution is 2.26. The fourth-order valence-corrected chi connectivity index (χ4v) is 3.38. The fraction of sp³-hybridized carbons (Fsp3) is 0.462. The molecule has 0 heterocycles. The molecule has 0 saturated heterocycles. The molecule has 0 amide bonds. The highest BCUT2D eigenvalue weighted by atomic mass is 16.6. The third-order valence-electron chi connectivity index (χ3n) is 5.73. The number of likely N-dealkylation sites (N-methyl/N-ethyl adjacent to an activating group) is 1. The summed E-state index contributed by atoms with van der Waals surface area (Å²) >= 11 is 0. The first kappa shape index (κ1) is 24.6. The van der Waals surface area contributed by atoms with E-state index in [1.54, 1.807) is 0 Å². The van der Waals surface area contributed by atoms with Gasteiger partial charge in [-0.3, -0.25) is 14.1 Å². The summed E-state index contributed by atoms with van der Waals surface area (Å²) in [6.07, 6.45) is 0. The summed E-state index contributed by atoms with van der Waals surface area (Å²) in [6.45, 7) is 12.4. The van der Waals surface area contributed by atoms with Crippen LogP contribution in [0.3, 0.4) is 0 Å². The SMILES string of the molecule is CC[N+](CC)(CCOC(=O)C(c1ccccc1)c1ccccc1)COC(=O)C(C)(C)C. The number of benzene rings is 2. The van der Waals surface area contributed by atoms with Crippen molar-refractivity contribution in [3.8, 4) is 0 Å². The van der Waals surface area contributed by atoms with Gasteiger partial charge in [0.2, 0.25) is 6.73 Å². The maximum atomic E-state index is 13.1. The van der Waals surface area contributed by atoms with Gasteiger partial charge >= 0.3 is 11.9 Å². The first-order chi connectivity index (χ1) is 14.7. The van der Waals surface area contributed by atoms with Gasteiger partial charge in [-0.2, -0.15) is 0 Å². The molecule has 0 aliphatic heterocycles. The van der Waals surface area contributed by atoms with Crippen molar-refractivity contribution in [1.29, 1.82) is 0 Å². The molecule has 0 fully saturated rings. The van der Waals surface area contributed by atoms with Crippen LogP contribution >= 0.6 is 0 Å². The van der Waals surface area contributed by atoms with Crippen LogP contribution in [-0.4, -0.2) is 49.4 Å². The van der Waals surface area contributed by atoms with Crippen LogP contribution in [0.5, 0.6) is 0 Å². The Bertz CT molecular complexity index is 784. The molecule has 0 radical (unpaired) electrons. The van der Waals surface area contributed by atoms with Gasteiger partial charge in [-0.05, 0) is 45.7 Å². The van der Waals surface area contributed by atoms with Gasteiger partial charge in [-0.25, -0.2) is 0 Å². The third-order valence-corrected chi connectivity index (χ3v) is 5.73. The van der Waals surface area contributed by atoms with Crippen molar-refractivity contribution in [3.63, 3.8) is 0 Å². The van der Waals surface area contributed by atoms with E-state index in [1.807, 2.05) is 81.4 Å². The number of hydrogen-bond donors (Lipinski definition) is 0. The number of carbonyl (C=O) groups is 2. The minimum atomic E-state index is -0.539. The van der Waals surface area contributed by atoms with Gasteiger partial charge in [0.15, 0.2) is 0 Å². The van der Waals surface area contributed by atoms with Gasteiger partial charge in [0.1, 0.15) is 19.1 Å². The smallest absolute Gasteiger partial charge is 0.318 e. The highest BCUT2D eigenvalue weighted by Gasteiger charge is 2.31. The minimum absolute atomic E-state index is 0.220. The minimum Gasteiger partial charge on any atom is -0.459 e. The summed E-state index contributed by atoms with van der Waals surface area (Å²) in [5.74, 6) is -0.956. The molecule has 0 aliphatic carbocycles. The van der Waals surface area contributed by atoms with E-state index in [4.69, 9.17) is 9.47 Å². The Hall–Kier alpha value is -2.66. The molecule has 0 aromatic heterocycles. The second-order valence-corrected chi connectivity index (χ2v) is 8.93. The van der Waals surface area contributed by atoms with E-state index in [0.717, 1.165) is 24.2 Å². The Kier molecular flexibility index (Phi) is 8.81. The predicted octanol–water partition coefficient (Wildman–Crippen LogP) is 4.77. The average Bonchev–Trinajstić information content (AvgIpc) is 2.77. The highest BCUT2D eigenvalue weighted by molar-refractivity contribution is 5.82. The number of ether oxygens (including phenoxy) is 2. The zero-order chi connectivity index (χ0) is 22.9. The molecule has 0 atom stereocenters. The summed E-state index contributed by atoms with van der Waals surface area (Å²) in [5, 5.41) is 0. The van der Waals surface area contributed by atoms with Crippen molar-refractivity contribution in [2.24, 2.45) is 5.41 Å². The van der Waals surface area contributed by atoms with Crippen LogP contribution < -0.4 is 0 Å². The van der Waals surface area contributed by atoms with Gasteiger partial charge < -0.3 is 9.47 Å². The Balaban J connectivity index is 2.06. The van der Waals surface area contributed by atoms with Crippen molar-refractivity contribution >= 4 is 11.9 Å². The molecule has 0 spiro atoms. The zero-order valence-electron chi connectivity index (χ0n) is 19.5. The second-order valence-electron chi connectivity index (χ2n) is 8.93. The lowest BCUT2D eigenvalue weighted by molar-refractivity contribution is -0.940. The third kappa shape index (κ3) is 6.93. The quantitative estimate of drug-likeness (QED) is 0.312. The molecule has 0 N–H and O–H groups in total. The lowest BCUT2D eigenvalue weighted by Crippen LogP contribution is -2.52. The van der Waals surface area contributed by atoms with Crippen LogP contribution in [0.2, 0.25) is 0 Å². The Morgan fingerprint density at radius 3 is 1.74 bits per heavy atom. The van der Waals surface area contributed by atoms with Gasteiger partial charge in [-0.15, -0.1) is 0 Å². The number of quaternary nitrogens is 1. The molecular weight excluding hydrogens is 390 g/mol. The number of nitrogens with zero attached hydrogens (tertiary/aromatic N) is 1. The standard InChI is InChI=1S/C26H36NO4/c1-6-27(7-2,20-31-25(29)26(3,4)5)18-19-30-24(28)23(21-14-10-8-11-15-21)22-16-12-9-13-17-22/h8-17,23H,6-7,18-20H2,1-5H3/q+1. The van der Waals surface area contributed by atoms with Gasteiger partial charge in [-0.1, -0.05) is 60.7 Å². The predicted molar refractivity (Wildman–Crippen MR) is 122 cm³/mol. The Labute approximate surface area is 186 Å². The van der Waals surface area contributed by atoms with E-state index in [1.165, 1.54) is 0 Å². The maximum absolute atomic E-state index is 13.1. The van der Waals surface area contributed by atoms with Crippen LogP contribution in [0.15, 0.2) is 60.7 Å². The molecule has 0 unspecified atom stereocenters. The Morgan fingerprint density at radius 1 is 0.839 bits per heavy atom. The van der Waals surface area contributed by atoms with Crippen LogP contribution in [0.1, 0.15) is 51.7 Å². The zero-order valence-corrected chi connectivity index (χ0v) is 19.5. The maximum Gasteiger partial charge on any atom is 0.318 e. The largest absolute Gasteiger partial charge is 0.459 e. The van der Waals surface area contributed by atoms with Crippen molar-refractivity contribution in [3.05, 3.63) is 71.8 Å². The number of rotatable bonds is 10. The van der Waals surface area contributed by atoms with Crippen LogP contribution in [0.25, 0.3) is 0 Å². The molecule has 0 saturated carbocycles. The molecule has 31 heavy (non-hydrogen) atoms. The lowest BCUT2D eigenvalue weighted by atomic mass is 9.91.